The second kappa shape index (κ2) is 4.75. The van der Waals surface area contributed by atoms with E-state index in [1.807, 2.05) is 6.92 Å². The Morgan fingerprint density at radius 3 is 2.14 bits per heavy atom. The van der Waals surface area contributed by atoms with Crippen LogP contribution in [0.1, 0.15) is 39.5 Å². The van der Waals surface area contributed by atoms with Crippen LogP contribution in [0.2, 0.25) is 0 Å². The Bertz CT molecular complexity index is 298. The molecule has 0 aliphatic carbocycles. The topological polar surface area (TPSA) is 97.5 Å². The first kappa shape index (κ1) is 13.4. The van der Waals surface area contributed by atoms with E-state index >= 15 is 0 Å². The fourth-order valence-corrected chi connectivity index (χ4v) is 2.40. The molecule has 0 saturated heterocycles. The van der Waals surface area contributed by atoms with E-state index in [1.165, 1.54) is 6.92 Å². The van der Waals surface area contributed by atoms with Crippen molar-refractivity contribution in [1.29, 1.82) is 0 Å². The molecule has 0 bridgehead atoms. The van der Waals surface area contributed by atoms with Crippen molar-refractivity contribution < 1.29 is 17.8 Å². The number of rotatable bonds is 6. The highest BCUT2D eigenvalue weighted by Crippen LogP contribution is 2.27. The van der Waals surface area contributed by atoms with Crippen molar-refractivity contribution in [3.05, 3.63) is 0 Å². The normalized spacial score (nSPS) is 16.2. The van der Waals surface area contributed by atoms with Gasteiger partial charge in [0, 0.05) is 0 Å². The standard InChI is InChI=1S/C8H17NO4S/c1-3-5-6-8(4-2,7(9)10)14(11,12)13/h3-6H2,1-2H3,(H2,9,10)(H,11,12,13). The lowest BCUT2D eigenvalue weighted by Gasteiger charge is -2.25. The van der Waals surface area contributed by atoms with Gasteiger partial charge in [0.1, 0.15) is 0 Å². The van der Waals surface area contributed by atoms with E-state index in [9.17, 15) is 13.2 Å². The van der Waals surface area contributed by atoms with Crippen LogP contribution >= 0.6 is 0 Å². The van der Waals surface area contributed by atoms with E-state index < -0.39 is 20.8 Å². The first-order chi connectivity index (χ1) is 6.31. The molecule has 14 heavy (non-hydrogen) atoms. The molecule has 0 aromatic rings. The van der Waals surface area contributed by atoms with Crippen LogP contribution in [0.3, 0.4) is 0 Å². The minimum absolute atomic E-state index is 0.00116. The number of unbranched alkanes of at least 4 members (excludes halogenated alkanes) is 1. The molecule has 3 N–H and O–H groups in total. The largest absolute Gasteiger partial charge is 0.368 e. The second-order valence-corrected chi connectivity index (χ2v) is 5.02. The SMILES string of the molecule is CCCCC(CC)(C(N)=O)S(=O)(=O)O. The second-order valence-electron chi connectivity index (χ2n) is 3.29. The summed E-state index contributed by atoms with van der Waals surface area (Å²) in [4.78, 5) is 11.1. The van der Waals surface area contributed by atoms with Crippen molar-refractivity contribution in [2.24, 2.45) is 5.73 Å². The third-order valence-electron chi connectivity index (χ3n) is 2.45. The lowest BCUT2D eigenvalue weighted by molar-refractivity contribution is -0.121. The summed E-state index contributed by atoms with van der Waals surface area (Å²) in [5.74, 6) is -0.976. The summed E-state index contributed by atoms with van der Waals surface area (Å²) in [7, 11) is -4.42. The van der Waals surface area contributed by atoms with Gasteiger partial charge in [-0.1, -0.05) is 26.7 Å². The highest BCUT2D eigenvalue weighted by molar-refractivity contribution is 7.88. The lowest BCUT2D eigenvalue weighted by Crippen LogP contribution is -2.49. The van der Waals surface area contributed by atoms with Gasteiger partial charge < -0.3 is 5.73 Å². The van der Waals surface area contributed by atoms with E-state index in [0.717, 1.165) is 6.42 Å². The molecule has 0 aliphatic heterocycles. The summed E-state index contributed by atoms with van der Waals surface area (Å²) >= 11 is 0. The lowest BCUT2D eigenvalue weighted by atomic mass is 9.97. The predicted molar refractivity (Wildman–Crippen MR) is 53.3 cm³/mol. The summed E-state index contributed by atoms with van der Waals surface area (Å²) in [5.41, 5.74) is 5.03. The average Bonchev–Trinajstić information content (AvgIpc) is 2.03. The fourth-order valence-electron chi connectivity index (χ4n) is 1.38. The number of carbonyl (C=O) groups is 1. The molecule has 84 valence electrons. The molecule has 0 saturated carbocycles. The van der Waals surface area contributed by atoms with Gasteiger partial charge in [0.05, 0.1) is 0 Å². The van der Waals surface area contributed by atoms with Gasteiger partial charge in [0.2, 0.25) is 5.91 Å². The summed E-state index contributed by atoms with van der Waals surface area (Å²) in [6.45, 7) is 3.39. The van der Waals surface area contributed by atoms with Gasteiger partial charge in [0.15, 0.2) is 4.75 Å². The summed E-state index contributed by atoms with van der Waals surface area (Å²) in [6, 6.07) is 0. The molecule has 1 atom stereocenters. The Morgan fingerprint density at radius 2 is 1.93 bits per heavy atom. The van der Waals surface area contributed by atoms with Crippen molar-refractivity contribution in [2.75, 3.05) is 0 Å². The highest BCUT2D eigenvalue weighted by atomic mass is 32.2. The average molecular weight is 223 g/mol. The molecule has 0 fully saturated rings. The maximum absolute atomic E-state index is 11.1. The molecule has 0 aromatic heterocycles. The van der Waals surface area contributed by atoms with Crippen LogP contribution in [0.25, 0.3) is 0 Å². The van der Waals surface area contributed by atoms with Gasteiger partial charge in [-0.15, -0.1) is 0 Å². The van der Waals surface area contributed by atoms with Gasteiger partial charge in [-0.2, -0.15) is 8.42 Å². The van der Waals surface area contributed by atoms with Crippen LogP contribution in [0.5, 0.6) is 0 Å². The van der Waals surface area contributed by atoms with E-state index in [-0.39, 0.29) is 12.8 Å². The number of primary amides is 1. The van der Waals surface area contributed by atoms with Crippen LogP contribution < -0.4 is 5.73 Å². The number of hydrogen-bond donors (Lipinski definition) is 2. The van der Waals surface area contributed by atoms with Crippen LogP contribution in [-0.4, -0.2) is 23.6 Å². The molecule has 5 nitrogen and oxygen atoms in total. The Kier molecular flexibility index (Phi) is 4.54. The molecule has 1 unspecified atom stereocenters. The third-order valence-corrected chi connectivity index (χ3v) is 4.13. The van der Waals surface area contributed by atoms with Crippen molar-refractivity contribution >= 4 is 16.0 Å². The van der Waals surface area contributed by atoms with E-state index in [4.69, 9.17) is 10.3 Å². The zero-order valence-electron chi connectivity index (χ0n) is 8.49. The number of hydrogen-bond acceptors (Lipinski definition) is 3. The smallest absolute Gasteiger partial charge is 0.279 e. The zero-order valence-corrected chi connectivity index (χ0v) is 9.30. The number of nitrogens with two attached hydrogens (primary N) is 1. The minimum atomic E-state index is -4.42. The Balaban J connectivity index is 5.11. The molecule has 0 heterocycles. The van der Waals surface area contributed by atoms with Gasteiger partial charge >= 0.3 is 0 Å². The molecule has 0 rings (SSSR count). The van der Waals surface area contributed by atoms with E-state index in [2.05, 4.69) is 0 Å². The van der Waals surface area contributed by atoms with Gasteiger partial charge in [0.25, 0.3) is 10.1 Å². The number of carbonyl (C=O) groups excluding carboxylic acids is 1. The van der Waals surface area contributed by atoms with Crippen molar-refractivity contribution in [3.8, 4) is 0 Å². The minimum Gasteiger partial charge on any atom is -0.368 e. The maximum Gasteiger partial charge on any atom is 0.279 e. The quantitative estimate of drug-likeness (QED) is 0.647. The highest BCUT2D eigenvalue weighted by Gasteiger charge is 2.46. The van der Waals surface area contributed by atoms with Gasteiger partial charge in [-0.3, -0.25) is 9.35 Å². The predicted octanol–water partition coefficient (Wildman–Crippen LogP) is 0.699. The Labute approximate surface area is 84.4 Å². The van der Waals surface area contributed by atoms with Crippen LogP contribution in [-0.2, 0) is 14.9 Å². The van der Waals surface area contributed by atoms with Crippen LogP contribution in [0.4, 0.5) is 0 Å². The molecule has 6 heteroatoms. The molecular weight excluding hydrogens is 206 g/mol. The van der Waals surface area contributed by atoms with E-state index in [0.29, 0.717) is 6.42 Å². The molecule has 0 radical (unpaired) electrons. The Morgan fingerprint density at radius 1 is 1.43 bits per heavy atom. The van der Waals surface area contributed by atoms with Crippen molar-refractivity contribution in [3.63, 3.8) is 0 Å². The maximum atomic E-state index is 11.1. The van der Waals surface area contributed by atoms with Gasteiger partial charge in [-0.05, 0) is 12.8 Å². The first-order valence-corrected chi connectivity index (χ1v) is 6.02. The van der Waals surface area contributed by atoms with Crippen molar-refractivity contribution in [1.82, 2.24) is 0 Å². The third kappa shape index (κ3) is 2.45. The van der Waals surface area contributed by atoms with Crippen LogP contribution in [0.15, 0.2) is 0 Å². The zero-order chi connectivity index (χ0) is 11.4. The summed E-state index contributed by atoms with van der Waals surface area (Å²) in [5, 5.41) is 0. The molecule has 0 aliphatic rings. The number of amides is 1. The van der Waals surface area contributed by atoms with Crippen molar-refractivity contribution in [2.45, 2.75) is 44.3 Å². The fraction of sp³-hybridized carbons (Fsp3) is 0.875. The van der Waals surface area contributed by atoms with Gasteiger partial charge in [-0.25, -0.2) is 0 Å². The molecule has 0 spiro atoms. The first-order valence-electron chi connectivity index (χ1n) is 4.58. The van der Waals surface area contributed by atoms with Crippen LogP contribution in [0, 0.1) is 0 Å². The molecule has 0 aromatic carbocycles. The molecule has 1 amide bonds. The Hall–Kier alpha value is -0.620. The summed E-state index contributed by atoms with van der Waals surface area (Å²) < 4.78 is 29.4. The molecular formula is C8H17NO4S. The monoisotopic (exact) mass is 223 g/mol. The summed E-state index contributed by atoms with van der Waals surface area (Å²) in [6.07, 6.45) is 1.36. The van der Waals surface area contributed by atoms with E-state index in [1.54, 1.807) is 0 Å².